The molecule has 0 saturated heterocycles. The number of rotatable bonds is 24. The number of nitrogens with two attached hydrogens (primary N) is 1. The van der Waals surface area contributed by atoms with Crippen molar-refractivity contribution in [1.82, 2.24) is 37.2 Å². The Hall–Kier alpha value is -7.69. The fourth-order valence-corrected chi connectivity index (χ4v) is 8.52. The first kappa shape index (κ1) is 54.3. The zero-order valence-corrected chi connectivity index (χ0v) is 40.6. The molecule has 7 amide bonds. The minimum atomic E-state index is -1.42. The lowest BCUT2D eigenvalue weighted by molar-refractivity contribution is -0.141. The van der Waals surface area contributed by atoms with Crippen LogP contribution in [0.5, 0.6) is 23.0 Å². The SMILES string of the molecule is CC(=O)N[C@@H](CCCCNC(=O)[C@H](CCCNC(N)=O)NC(=O)[C@@H](NC(=O)[C@H](CCCCNC(=S)Nc1ccc2c(c1)C(=O)OC21c2ccc(O)cc2Oc2cc(O)ccc21)NC(C)=O)C(C)C)C(=O)O. The summed E-state index contributed by atoms with van der Waals surface area (Å²) in [6.07, 6.45) is 2.35. The van der Waals surface area contributed by atoms with Gasteiger partial charge in [0.1, 0.15) is 47.2 Å². The monoisotopic (exact) mass is 1000 g/mol. The Balaban J connectivity index is 1.14. The quantitative estimate of drug-likeness (QED) is 0.0349. The van der Waals surface area contributed by atoms with Crippen molar-refractivity contribution in [3.8, 4) is 23.0 Å². The molecule has 2 aliphatic heterocycles. The van der Waals surface area contributed by atoms with E-state index in [1.165, 1.54) is 38.1 Å². The van der Waals surface area contributed by atoms with Gasteiger partial charge in [0.25, 0.3) is 0 Å². The van der Waals surface area contributed by atoms with Crippen molar-refractivity contribution < 1.29 is 63.1 Å². The van der Waals surface area contributed by atoms with Crippen LogP contribution in [0.15, 0.2) is 54.6 Å². The number of carboxylic acids is 1. The van der Waals surface area contributed by atoms with Crippen LogP contribution in [0.2, 0.25) is 0 Å². The Labute approximate surface area is 414 Å². The van der Waals surface area contributed by atoms with Crippen molar-refractivity contribution in [2.24, 2.45) is 11.7 Å². The van der Waals surface area contributed by atoms with E-state index in [0.717, 1.165) is 0 Å². The molecule has 3 aromatic carbocycles. The summed E-state index contributed by atoms with van der Waals surface area (Å²) >= 11 is 5.54. The summed E-state index contributed by atoms with van der Waals surface area (Å²) in [5, 5.41) is 51.8. The largest absolute Gasteiger partial charge is 0.508 e. The molecular weight excluding hydrogens is 943 g/mol. The van der Waals surface area contributed by atoms with Crippen LogP contribution in [0.25, 0.3) is 0 Å². The molecule has 0 aromatic heterocycles. The molecule has 23 heteroatoms. The van der Waals surface area contributed by atoms with E-state index in [0.29, 0.717) is 54.6 Å². The molecule has 4 atom stereocenters. The molecule has 2 heterocycles. The fourth-order valence-electron chi connectivity index (χ4n) is 8.30. The molecule has 2 aliphatic rings. The first-order valence-electron chi connectivity index (χ1n) is 23.2. The summed E-state index contributed by atoms with van der Waals surface area (Å²) in [5.74, 6) is -4.65. The van der Waals surface area contributed by atoms with E-state index in [2.05, 4.69) is 42.5 Å². The third-order valence-electron chi connectivity index (χ3n) is 11.7. The number of benzene rings is 3. The topological polar surface area (TPSA) is 338 Å². The highest BCUT2D eigenvalue weighted by Gasteiger charge is 2.53. The van der Waals surface area contributed by atoms with E-state index in [4.69, 9.17) is 27.4 Å². The van der Waals surface area contributed by atoms with Gasteiger partial charge in [0.15, 0.2) is 10.7 Å². The van der Waals surface area contributed by atoms with Crippen molar-refractivity contribution in [3.63, 3.8) is 0 Å². The van der Waals surface area contributed by atoms with Crippen LogP contribution in [0.4, 0.5) is 10.5 Å². The molecule has 1 spiro atoms. The van der Waals surface area contributed by atoms with Crippen molar-refractivity contribution in [1.29, 1.82) is 0 Å². The highest BCUT2D eigenvalue weighted by molar-refractivity contribution is 7.80. The van der Waals surface area contributed by atoms with Crippen LogP contribution >= 0.6 is 12.2 Å². The van der Waals surface area contributed by atoms with E-state index in [1.807, 2.05) is 0 Å². The lowest BCUT2D eigenvalue weighted by Gasteiger charge is -2.36. The van der Waals surface area contributed by atoms with E-state index < -0.39 is 83.2 Å². The summed E-state index contributed by atoms with van der Waals surface area (Å²) in [4.78, 5) is 100. The second-order valence-corrected chi connectivity index (χ2v) is 17.9. The molecule has 22 nitrogen and oxygen atoms in total. The number of amides is 7. The molecule has 0 radical (unpaired) electrons. The Kier molecular flexibility index (Phi) is 18.9. The maximum atomic E-state index is 13.7. The Morgan fingerprint density at radius 1 is 0.648 bits per heavy atom. The van der Waals surface area contributed by atoms with Gasteiger partial charge < -0.3 is 73.1 Å². The average molecular weight is 1000 g/mol. The highest BCUT2D eigenvalue weighted by atomic mass is 32.1. The number of hydrogen-bond donors (Lipinski definition) is 12. The average Bonchev–Trinajstić information content (AvgIpc) is 3.57. The second kappa shape index (κ2) is 24.7. The predicted molar refractivity (Wildman–Crippen MR) is 261 cm³/mol. The molecule has 0 unspecified atom stereocenters. The molecule has 0 bridgehead atoms. The number of unbranched alkanes of at least 4 members (excludes halogenated alkanes) is 2. The molecule has 0 saturated carbocycles. The Morgan fingerprint density at radius 2 is 1.18 bits per heavy atom. The maximum absolute atomic E-state index is 13.7. The van der Waals surface area contributed by atoms with Gasteiger partial charge in [-0.25, -0.2) is 14.4 Å². The lowest BCUT2D eigenvalue weighted by Crippen LogP contribution is -2.58. The summed E-state index contributed by atoms with van der Waals surface area (Å²) in [7, 11) is 0. The molecule has 3 aromatic rings. The number of nitrogens with one attached hydrogen (secondary N) is 8. The van der Waals surface area contributed by atoms with Crippen LogP contribution in [-0.4, -0.2) is 112 Å². The number of ether oxygens (including phenoxy) is 2. The molecular formula is C48H61N9O13S. The predicted octanol–water partition coefficient (Wildman–Crippen LogP) is 2.58. The first-order chi connectivity index (χ1) is 33.7. The molecule has 0 fully saturated rings. The van der Waals surface area contributed by atoms with Gasteiger partial charge in [0.2, 0.25) is 29.5 Å². The minimum Gasteiger partial charge on any atom is -0.508 e. The number of carbonyl (C=O) groups is 8. The third kappa shape index (κ3) is 14.4. The van der Waals surface area contributed by atoms with E-state index >= 15 is 0 Å². The van der Waals surface area contributed by atoms with Crippen molar-refractivity contribution >= 4 is 70.5 Å². The van der Waals surface area contributed by atoms with Crippen LogP contribution in [0.1, 0.15) is 106 Å². The zero-order valence-electron chi connectivity index (χ0n) is 39.8. The van der Waals surface area contributed by atoms with Crippen molar-refractivity contribution in [2.75, 3.05) is 25.0 Å². The normalized spacial score (nSPS) is 14.4. The number of aliphatic carboxylic acids is 1. The smallest absolute Gasteiger partial charge is 0.340 e. The molecule has 382 valence electrons. The van der Waals surface area contributed by atoms with Crippen LogP contribution in [-0.2, 0) is 39.1 Å². The number of phenolic OH excluding ortho intramolecular Hbond substituents is 2. The number of thiocarbonyl (C=S) groups is 1. The van der Waals surface area contributed by atoms with Gasteiger partial charge in [-0.2, -0.15) is 0 Å². The number of phenols is 2. The number of urea groups is 1. The number of carbonyl (C=O) groups excluding carboxylic acids is 7. The van der Waals surface area contributed by atoms with Crippen molar-refractivity contribution in [3.05, 3.63) is 76.9 Å². The van der Waals surface area contributed by atoms with E-state index in [1.54, 1.807) is 44.2 Å². The highest BCUT2D eigenvalue weighted by Crippen LogP contribution is 2.57. The third-order valence-corrected chi connectivity index (χ3v) is 11.9. The van der Waals surface area contributed by atoms with Crippen LogP contribution in [0.3, 0.4) is 0 Å². The van der Waals surface area contributed by atoms with Gasteiger partial charge in [-0.1, -0.05) is 19.9 Å². The molecule has 13 N–H and O–H groups in total. The van der Waals surface area contributed by atoms with Gasteiger partial charge in [-0.15, -0.1) is 0 Å². The second-order valence-electron chi connectivity index (χ2n) is 17.5. The number of fused-ring (bicyclic) bond motifs is 6. The number of primary amides is 1. The van der Waals surface area contributed by atoms with Crippen LogP contribution < -0.4 is 53.0 Å². The van der Waals surface area contributed by atoms with Crippen LogP contribution in [0, 0.1) is 5.92 Å². The van der Waals surface area contributed by atoms with E-state index in [9.17, 15) is 53.7 Å². The summed E-state index contributed by atoms with van der Waals surface area (Å²) in [6, 6.07) is 8.99. The number of aromatic hydroxyl groups is 2. The Bertz CT molecular complexity index is 2470. The summed E-state index contributed by atoms with van der Waals surface area (Å²) < 4.78 is 12.2. The van der Waals surface area contributed by atoms with Gasteiger partial charge in [0.05, 0.1) is 5.56 Å². The molecule has 71 heavy (non-hydrogen) atoms. The molecule has 0 aliphatic carbocycles. The number of anilines is 1. The van der Waals surface area contributed by atoms with Gasteiger partial charge in [0, 0.05) is 68.0 Å². The van der Waals surface area contributed by atoms with E-state index in [-0.39, 0.29) is 72.4 Å². The standard InChI is InChI=1S/C48H61N9O13S/c1-25(2)40(43(64)56-35(12-9-21-51-46(49)68)41(62)50-19-7-6-11-37(44(65)66)54-27(4)59)57-42(63)36(53-26(3)58)10-5-8-20-52-47(71)55-28-13-16-32-31(22-28)45(67)70-48(32)33-17-14-29(60)23-38(33)69-39-24-30(61)15-18-34(39)48/h13-18,22-25,35-37,40,60-61H,5-12,19-21H2,1-4H3,(H,50,62)(H,53,58)(H,54,59)(H,56,64)(H,57,63)(H,65,66)(H3,49,51,68)(H2,52,55,71)/t35-,36-,37-,40-/m0/s1. The Morgan fingerprint density at radius 3 is 1.76 bits per heavy atom. The minimum absolute atomic E-state index is 0.0617. The van der Waals surface area contributed by atoms with Crippen molar-refractivity contribution in [2.45, 2.75) is 109 Å². The number of carboxylic acid groups (broad SMARTS) is 1. The number of hydrogen-bond acceptors (Lipinski definition) is 13. The van der Waals surface area contributed by atoms with Gasteiger partial charge in [-0.3, -0.25) is 24.0 Å². The number of esters is 1. The zero-order chi connectivity index (χ0) is 52.0. The first-order valence-corrected chi connectivity index (χ1v) is 23.6. The van der Waals surface area contributed by atoms with Gasteiger partial charge in [-0.05, 0) is 106 Å². The molecule has 5 rings (SSSR count). The maximum Gasteiger partial charge on any atom is 0.340 e. The summed E-state index contributed by atoms with van der Waals surface area (Å²) in [6.45, 7) is 6.50. The summed E-state index contributed by atoms with van der Waals surface area (Å²) in [5.41, 5.74) is 5.98. The lowest BCUT2D eigenvalue weighted by atomic mass is 9.77. The van der Waals surface area contributed by atoms with Gasteiger partial charge >= 0.3 is 18.0 Å². The fraction of sp³-hybridized carbons (Fsp3) is 0.438.